The van der Waals surface area contributed by atoms with Crippen LogP contribution in [0.2, 0.25) is 5.02 Å². The van der Waals surface area contributed by atoms with E-state index in [4.69, 9.17) is 16.3 Å². The summed E-state index contributed by atoms with van der Waals surface area (Å²) >= 11 is 6.02. The number of fused-ring (bicyclic) bond motifs is 1. The predicted molar refractivity (Wildman–Crippen MR) is 75.3 cm³/mol. The average molecular weight is 273 g/mol. The molecular formula is C16H13ClO2. The molecule has 2 aromatic rings. The Balaban J connectivity index is 2.07. The summed E-state index contributed by atoms with van der Waals surface area (Å²) in [4.78, 5) is 12.6. The molecule has 2 nitrogen and oxygen atoms in total. The minimum absolute atomic E-state index is 0.0376. The van der Waals surface area contributed by atoms with Crippen LogP contribution in [0.1, 0.15) is 27.0 Å². The van der Waals surface area contributed by atoms with Crippen molar-refractivity contribution in [3.05, 3.63) is 63.7 Å². The lowest BCUT2D eigenvalue weighted by atomic mass is 9.99. The third kappa shape index (κ3) is 2.24. The van der Waals surface area contributed by atoms with E-state index in [2.05, 4.69) is 0 Å². The minimum Gasteiger partial charge on any atom is -0.492 e. The summed E-state index contributed by atoms with van der Waals surface area (Å²) in [5, 5.41) is 0.580. The smallest absolute Gasteiger partial charge is 0.196 e. The summed E-state index contributed by atoms with van der Waals surface area (Å²) in [6, 6.07) is 11.1. The van der Waals surface area contributed by atoms with E-state index in [1.165, 1.54) is 0 Å². The largest absolute Gasteiger partial charge is 0.492 e. The number of carbonyl (C=O) groups excluding carboxylic acids is 1. The van der Waals surface area contributed by atoms with Crippen molar-refractivity contribution >= 4 is 17.4 Å². The Morgan fingerprint density at radius 1 is 1.26 bits per heavy atom. The maximum atomic E-state index is 12.6. The van der Waals surface area contributed by atoms with Crippen molar-refractivity contribution in [3.63, 3.8) is 0 Å². The van der Waals surface area contributed by atoms with Crippen LogP contribution in [0, 0.1) is 6.92 Å². The number of ether oxygens (including phenoxy) is 1. The number of benzene rings is 2. The van der Waals surface area contributed by atoms with Crippen LogP contribution in [0.25, 0.3) is 0 Å². The molecule has 96 valence electrons. The number of hydrogen-bond acceptors (Lipinski definition) is 2. The van der Waals surface area contributed by atoms with Gasteiger partial charge in [-0.25, -0.2) is 0 Å². The van der Waals surface area contributed by atoms with Crippen molar-refractivity contribution in [3.8, 4) is 5.75 Å². The molecule has 19 heavy (non-hydrogen) atoms. The first-order valence-electron chi connectivity index (χ1n) is 6.22. The molecule has 1 aliphatic rings. The molecule has 0 N–H and O–H groups in total. The molecule has 0 atom stereocenters. The lowest BCUT2D eigenvalue weighted by Gasteiger charge is -2.08. The summed E-state index contributed by atoms with van der Waals surface area (Å²) in [6.45, 7) is 2.57. The van der Waals surface area contributed by atoms with E-state index >= 15 is 0 Å². The van der Waals surface area contributed by atoms with E-state index in [0.717, 1.165) is 23.3 Å². The molecule has 0 amide bonds. The van der Waals surface area contributed by atoms with Gasteiger partial charge < -0.3 is 4.74 Å². The van der Waals surface area contributed by atoms with Crippen molar-refractivity contribution in [1.82, 2.24) is 0 Å². The highest BCUT2D eigenvalue weighted by Gasteiger charge is 2.21. The number of hydrogen-bond donors (Lipinski definition) is 0. The Kier molecular flexibility index (Phi) is 3.03. The summed E-state index contributed by atoms with van der Waals surface area (Å²) in [6.07, 6.45) is 0.866. The first-order chi connectivity index (χ1) is 9.15. The van der Waals surface area contributed by atoms with E-state index in [9.17, 15) is 4.79 Å². The quantitative estimate of drug-likeness (QED) is 0.777. The average Bonchev–Trinajstić information content (AvgIpc) is 2.84. The van der Waals surface area contributed by atoms with E-state index in [0.29, 0.717) is 22.8 Å². The van der Waals surface area contributed by atoms with Crippen LogP contribution in [0.5, 0.6) is 5.75 Å². The molecule has 0 fully saturated rings. The van der Waals surface area contributed by atoms with Crippen molar-refractivity contribution < 1.29 is 9.53 Å². The Morgan fingerprint density at radius 2 is 2.11 bits per heavy atom. The lowest BCUT2D eigenvalue weighted by Crippen LogP contribution is -2.04. The monoisotopic (exact) mass is 272 g/mol. The van der Waals surface area contributed by atoms with Gasteiger partial charge in [-0.15, -0.1) is 0 Å². The normalized spacial score (nSPS) is 12.9. The number of rotatable bonds is 2. The number of carbonyl (C=O) groups is 1. The first kappa shape index (κ1) is 12.2. The summed E-state index contributed by atoms with van der Waals surface area (Å²) in [7, 11) is 0. The van der Waals surface area contributed by atoms with E-state index in [-0.39, 0.29) is 5.78 Å². The van der Waals surface area contributed by atoms with Gasteiger partial charge in [0, 0.05) is 17.0 Å². The van der Waals surface area contributed by atoms with Crippen LogP contribution in [0.4, 0.5) is 0 Å². The molecule has 0 aliphatic carbocycles. The summed E-state index contributed by atoms with van der Waals surface area (Å²) in [5.41, 5.74) is 3.31. The number of aryl methyl sites for hydroxylation is 1. The van der Waals surface area contributed by atoms with E-state index < -0.39 is 0 Å². The second-order valence-electron chi connectivity index (χ2n) is 4.74. The van der Waals surface area contributed by atoms with Crippen molar-refractivity contribution in [2.75, 3.05) is 6.61 Å². The Labute approximate surface area is 117 Å². The first-order valence-corrected chi connectivity index (χ1v) is 6.59. The van der Waals surface area contributed by atoms with E-state index in [1.807, 2.05) is 37.3 Å². The maximum Gasteiger partial charge on any atom is 0.196 e. The SMILES string of the molecule is Cc1cc(Cl)cc(C(=O)c2cccc3c2OCC3)c1. The number of para-hydroxylation sites is 1. The molecule has 3 rings (SSSR count). The summed E-state index contributed by atoms with van der Waals surface area (Å²) < 4.78 is 5.58. The fourth-order valence-corrected chi connectivity index (χ4v) is 2.71. The molecule has 0 aromatic heterocycles. The Hall–Kier alpha value is -1.80. The second-order valence-corrected chi connectivity index (χ2v) is 5.18. The molecule has 0 radical (unpaired) electrons. The highest BCUT2D eigenvalue weighted by atomic mass is 35.5. The molecule has 0 bridgehead atoms. The van der Waals surface area contributed by atoms with Gasteiger partial charge >= 0.3 is 0 Å². The Morgan fingerprint density at radius 3 is 2.89 bits per heavy atom. The van der Waals surface area contributed by atoms with Crippen molar-refractivity contribution in [1.29, 1.82) is 0 Å². The molecule has 0 spiro atoms. The standard InChI is InChI=1S/C16H13ClO2/c1-10-7-12(9-13(17)8-10)15(18)14-4-2-3-11-5-6-19-16(11)14/h2-4,7-9H,5-6H2,1H3. The van der Waals surface area contributed by atoms with Gasteiger partial charge in [-0.3, -0.25) is 4.79 Å². The van der Waals surface area contributed by atoms with Gasteiger partial charge in [-0.2, -0.15) is 0 Å². The number of ketones is 1. The number of halogens is 1. The van der Waals surface area contributed by atoms with Gasteiger partial charge in [-0.05, 0) is 42.3 Å². The zero-order valence-electron chi connectivity index (χ0n) is 10.6. The fourth-order valence-electron chi connectivity index (χ4n) is 2.42. The minimum atomic E-state index is -0.0376. The highest BCUT2D eigenvalue weighted by Crippen LogP contribution is 2.31. The zero-order valence-corrected chi connectivity index (χ0v) is 11.3. The van der Waals surface area contributed by atoms with Crippen molar-refractivity contribution in [2.45, 2.75) is 13.3 Å². The van der Waals surface area contributed by atoms with E-state index in [1.54, 1.807) is 6.07 Å². The third-order valence-electron chi connectivity index (χ3n) is 3.26. The van der Waals surface area contributed by atoms with Gasteiger partial charge in [0.25, 0.3) is 0 Å². The topological polar surface area (TPSA) is 26.3 Å². The molecule has 0 saturated carbocycles. The van der Waals surface area contributed by atoms with Gasteiger partial charge in [0.15, 0.2) is 5.78 Å². The molecule has 1 heterocycles. The van der Waals surface area contributed by atoms with Crippen LogP contribution in [0.15, 0.2) is 36.4 Å². The van der Waals surface area contributed by atoms with Gasteiger partial charge in [0.2, 0.25) is 0 Å². The van der Waals surface area contributed by atoms with Crippen LogP contribution >= 0.6 is 11.6 Å². The third-order valence-corrected chi connectivity index (χ3v) is 3.48. The predicted octanol–water partition coefficient (Wildman–Crippen LogP) is 3.81. The molecule has 0 saturated heterocycles. The van der Waals surface area contributed by atoms with Gasteiger partial charge in [0.05, 0.1) is 12.2 Å². The zero-order chi connectivity index (χ0) is 13.4. The van der Waals surface area contributed by atoms with Crippen molar-refractivity contribution in [2.24, 2.45) is 0 Å². The Bertz CT molecular complexity index is 642. The lowest BCUT2D eigenvalue weighted by molar-refractivity contribution is 0.103. The molecule has 1 aliphatic heterocycles. The fraction of sp³-hybridized carbons (Fsp3) is 0.188. The van der Waals surface area contributed by atoms with Crippen LogP contribution in [-0.2, 0) is 6.42 Å². The molecule has 3 heteroatoms. The maximum absolute atomic E-state index is 12.6. The molecule has 2 aromatic carbocycles. The van der Waals surface area contributed by atoms with Crippen LogP contribution in [-0.4, -0.2) is 12.4 Å². The van der Waals surface area contributed by atoms with Gasteiger partial charge in [-0.1, -0.05) is 23.7 Å². The second kappa shape index (κ2) is 4.71. The van der Waals surface area contributed by atoms with Crippen LogP contribution < -0.4 is 4.74 Å². The summed E-state index contributed by atoms with van der Waals surface area (Å²) in [5.74, 6) is 0.689. The molecular weight excluding hydrogens is 260 g/mol. The van der Waals surface area contributed by atoms with Crippen LogP contribution in [0.3, 0.4) is 0 Å². The van der Waals surface area contributed by atoms with Gasteiger partial charge in [0.1, 0.15) is 5.75 Å². The highest BCUT2D eigenvalue weighted by molar-refractivity contribution is 6.31. The molecule has 0 unspecified atom stereocenters.